The number of unbranched alkanes of at least 4 members (excludes halogenated alkanes) is 1. The van der Waals surface area contributed by atoms with Crippen molar-refractivity contribution < 1.29 is 14.7 Å². The summed E-state index contributed by atoms with van der Waals surface area (Å²) in [5.74, 6) is -1.19. The molecule has 0 radical (unpaired) electrons. The molecule has 0 spiro atoms. The third kappa shape index (κ3) is 4.99. The monoisotopic (exact) mass is 255 g/mol. The number of hydrogen-bond acceptors (Lipinski definition) is 3. The second-order valence-electron chi connectivity index (χ2n) is 3.91. The van der Waals surface area contributed by atoms with Crippen LogP contribution in [0.5, 0.6) is 0 Å². The first-order valence-corrected chi connectivity index (χ1v) is 6.61. The van der Waals surface area contributed by atoms with Crippen LogP contribution in [0.3, 0.4) is 0 Å². The van der Waals surface area contributed by atoms with Crippen molar-refractivity contribution in [3.05, 3.63) is 22.4 Å². The molecule has 0 saturated heterocycles. The van der Waals surface area contributed by atoms with Gasteiger partial charge in [0.1, 0.15) is 6.04 Å². The highest BCUT2D eigenvalue weighted by Gasteiger charge is 2.19. The molecule has 4 nitrogen and oxygen atoms in total. The molecule has 0 aliphatic carbocycles. The van der Waals surface area contributed by atoms with Crippen LogP contribution in [0.4, 0.5) is 0 Å². The van der Waals surface area contributed by atoms with Crippen molar-refractivity contribution in [3.63, 3.8) is 0 Å². The maximum atomic E-state index is 11.6. The highest BCUT2D eigenvalue weighted by Crippen LogP contribution is 2.07. The van der Waals surface area contributed by atoms with Gasteiger partial charge in [0.2, 0.25) is 5.91 Å². The molecule has 0 bridgehead atoms. The van der Waals surface area contributed by atoms with Gasteiger partial charge < -0.3 is 10.4 Å². The van der Waals surface area contributed by atoms with Gasteiger partial charge in [0.15, 0.2) is 0 Å². The van der Waals surface area contributed by atoms with Gasteiger partial charge in [0.05, 0.1) is 6.42 Å². The van der Waals surface area contributed by atoms with Gasteiger partial charge in [0.25, 0.3) is 0 Å². The molecular weight excluding hydrogens is 238 g/mol. The van der Waals surface area contributed by atoms with E-state index in [1.807, 2.05) is 23.8 Å². The number of carboxylic acids is 1. The fraction of sp³-hybridized carbons (Fsp3) is 0.500. The van der Waals surface area contributed by atoms with E-state index in [1.54, 1.807) is 0 Å². The number of aliphatic carboxylic acids is 1. The third-order valence-electron chi connectivity index (χ3n) is 2.42. The Morgan fingerprint density at radius 2 is 2.29 bits per heavy atom. The van der Waals surface area contributed by atoms with Crippen molar-refractivity contribution >= 4 is 23.2 Å². The largest absolute Gasteiger partial charge is 0.480 e. The van der Waals surface area contributed by atoms with E-state index in [1.165, 1.54) is 11.3 Å². The van der Waals surface area contributed by atoms with E-state index in [9.17, 15) is 9.59 Å². The molecule has 0 aromatic carbocycles. The summed E-state index contributed by atoms with van der Waals surface area (Å²) in [6.45, 7) is 1.99. The summed E-state index contributed by atoms with van der Waals surface area (Å²) in [6, 6.07) is 1.10. The molecule has 0 saturated carbocycles. The molecule has 1 atom stereocenters. The van der Waals surface area contributed by atoms with Crippen molar-refractivity contribution in [1.29, 1.82) is 0 Å². The molecule has 1 amide bonds. The van der Waals surface area contributed by atoms with Crippen molar-refractivity contribution in [2.45, 2.75) is 38.6 Å². The van der Waals surface area contributed by atoms with Crippen LogP contribution < -0.4 is 5.32 Å². The minimum atomic E-state index is -0.961. The third-order valence-corrected chi connectivity index (χ3v) is 3.16. The van der Waals surface area contributed by atoms with E-state index in [0.717, 1.165) is 18.4 Å². The number of carboxylic acid groups (broad SMARTS) is 1. The van der Waals surface area contributed by atoms with E-state index < -0.39 is 12.0 Å². The molecule has 1 heterocycles. The molecule has 0 aliphatic rings. The van der Waals surface area contributed by atoms with E-state index in [0.29, 0.717) is 6.42 Å². The Bertz CT molecular complexity index is 362. The minimum Gasteiger partial charge on any atom is -0.480 e. The van der Waals surface area contributed by atoms with Crippen LogP contribution in [0.2, 0.25) is 0 Å². The minimum absolute atomic E-state index is 0.230. The molecule has 0 aliphatic heterocycles. The number of carbonyl (C=O) groups is 2. The zero-order valence-electron chi connectivity index (χ0n) is 9.81. The number of thiophene rings is 1. The van der Waals surface area contributed by atoms with Gasteiger partial charge in [-0.15, -0.1) is 0 Å². The zero-order valence-corrected chi connectivity index (χ0v) is 10.6. The number of carbonyl (C=O) groups excluding carboxylic acids is 1. The second kappa shape index (κ2) is 7.06. The van der Waals surface area contributed by atoms with Crippen LogP contribution in [0.15, 0.2) is 16.8 Å². The fourth-order valence-corrected chi connectivity index (χ4v) is 2.16. The Morgan fingerprint density at radius 3 is 2.82 bits per heavy atom. The molecule has 5 heteroatoms. The van der Waals surface area contributed by atoms with Crippen LogP contribution >= 0.6 is 11.3 Å². The van der Waals surface area contributed by atoms with Crippen LogP contribution in [0.1, 0.15) is 31.7 Å². The molecule has 2 N–H and O–H groups in total. The Balaban J connectivity index is 2.43. The molecule has 1 aromatic heterocycles. The summed E-state index contributed by atoms with van der Waals surface area (Å²) in [6.07, 6.45) is 2.46. The summed E-state index contributed by atoms with van der Waals surface area (Å²) in [7, 11) is 0. The smallest absolute Gasteiger partial charge is 0.326 e. The number of amides is 1. The van der Waals surface area contributed by atoms with Crippen molar-refractivity contribution in [1.82, 2.24) is 5.32 Å². The highest BCUT2D eigenvalue weighted by atomic mass is 32.1. The summed E-state index contributed by atoms with van der Waals surface area (Å²) in [5.41, 5.74) is 0.923. The summed E-state index contributed by atoms with van der Waals surface area (Å²) in [4.78, 5) is 22.5. The number of hydrogen-bond donors (Lipinski definition) is 2. The van der Waals surface area contributed by atoms with Crippen LogP contribution in [-0.4, -0.2) is 23.0 Å². The Labute approximate surface area is 105 Å². The molecule has 1 aromatic rings. The summed E-state index contributed by atoms with van der Waals surface area (Å²) in [5, 5.41) is 15.3. The lowest BCUT2D eigenvalue weighted by atomic mass is 10.1. The van der Waals surface area contributed by atoms with Gasteiger partial charge in [-0.05, 0) is 28.8 Å². The topological polar surface area (TPSA) is 66.4 Å². The SMILES string of the molecule is CCCC[C@H](NC(=O)Cc1ccsc1)C(=O)O. The Kier molecular flexibility index (Phi) is 5.69. The van der Waals surface area contributed by atoms with E-state index in [4.69, 9.17) is 5.11 Å². The lowest BCUT2D eigenvalue weighted by Crippen LogP contribution is -2.41. The summed E-state index contributed by atoms with van der Waals surface area (Å²) < 4.78 is 0. The van der Waals surface area contributed by atoms with Gasteiger partial charge in [-0.25, -0.2) is 4.79 Å². The molecule has 17 heavy (non-hydrogen) atoms. The first kappa shape index (κ1) is 13.7. The van der Waals surface area contributed by atoms with Crippen molar-refractivity contribution in [3.8, 4) is 0 Å². The lowest BCUT2D eigenvalue weighted by molar-refractivity contribution is -0.142. The average molecular weight is 255 g/mol. The maximum Gasteiger partial charge on any atom is 0.326 e. The fourth-order valence-electron chi connectivity index (χ4n) is 1.49. The maximum absolute atomic E-state index is 11.6. The molecule has 0 unspecified atom stereocenters. The average Bonchev–Trinajstić information content (AvgIpc) is 2.76. The standard InChI is InChI=1S/C12H17NO3S/c1-2-3-4-10(12(15)16)13-11(14)7-9-5-6-17-8-9/h5-6,8,10H,2-4,7H2,1H3,(H,13,14)(H,15,16)/t10-/m0/s1. The molecule has 0 fully saturated rings. The first-order chi connectivity index (χ1) is 8.13. The van der Waals surface area contributed by atoms with Crippen molar-refractivity contribution in [2.24, 2.45) is 0 Å². The number of rotatable bonds is 7. The molecule has 94 valence electrons. The van der Waals surface area contributed by atoms with Gasteiger partial charge in [-0.2, -0.15) is 11.3 Å². The van der Waals surface area contributed by atoms with Crippen LogP contribution in [-0.2, 0) is 16.0 Å². The predicted molar refractivity (Wildman–Crippen MR) is 67.1 cm³/mol. The van der Waals surface area contributed by atoms with Gasteiger partial charge in [0, 0.05) is 0 Å². The van der Waals surface area contributed by atoms with Gasteiger partial charge in [-0.3, -0.25) is 4.79 Å². The van der Waals surface area contributed by atoms with E-state index >= 15 is 0 Å². The van der Waals surface area contributed by atoms with E-state index in [-0.39, 0.29) is 12.3 Å². The van der Waals surface area contributed by atoms with E-state index in [2.05, 4.69) is 5.32 Å². The summed E-state index contributed by atoms with van der Waals surface area (Å²) >= 11 is 1.52. The number of nitrogens with one attached hydrogen (secondary N) is 1. The molecular formula is C12H17NO3S. The van der Waals surface area contributed by atoms with Crippen molar-refractivity contribution in [2.75, 3.05) is 0 Å². The molecule has 1 rings (SSSR count). The highest BCUT2D eigenvalue weighted by molar-refractivity contribution is 7.07. The lowest BCUT2D eigenvalue weighted by Gasteiger charge is -2.13. The van der Waals surface area contributed by atoms with Crippen LogP contribution in [0, 0.1) is 0 Å². The zero-order chi connectivity index (χ0) is 12.7. The quantitative estimate of drug-likeness (QED) is 0.783. The Hall–Kier alpha value is -1.36. The first-order valence-electron chi connectivity index (χ1n) is 5.66. The van der Waals surface area contributed by atoms with Gasteiger partial charge in [-0.1, -0.05) is 19.8 Å². The Morgan fingerprint density at radius 1 is 1.53 bits per heavy atom. The predicted octanol–water partition coefficient (Wildman–Crippen LogP) is 2.05. The van der Waals surface area contributed by atoms with Gasteiger partial charge >= 0.3 is 5.97 Å². The normalized spacial score (nSPS) is 12.1. The second-order valence-corrected chi connectivity index (χ2v) is 4.69. The van der Waals surface area contributed by atoms with Crippen LogP contribution in [0.25, 0.3) is 0 Å².